The molecule has 1 heterocycles. The maximum absolute atomic E-state index is 10.8. The molecule has 1 aromatic heterocycles. The first-order valence-electron chi connectivity index (χ1n) is 5.32. The fourth-order valence-corrected chi connectivity index (χ4v) is 1.41. The number of aromatic carboxylic acids is 1. The van der Waals surface area contributed by atoms with E-state index in [4.69, 9.17) is 14.3 Å². The standard InChI is InChI=1S/C11H17NO5/c1-16-7-8(13)2-4-12-6-10-9(11(14)15)3-5-17-10/h3,5,8,12-13H,2,4,6-7H2,1H3,(H,14,15). The SMILES string of the molecule is COCC(O)CCNCc1occc1C(=O)O. The molecule has 0 aromatic carbocycles. The van der Waals surface area contributed by atoms with Gasteiger partial charge in [-0.15, -0.1) is 0 Å². The molecule has 17 heavy (non-hydrogen) atoms. The lowest BCUT2D eigenvalue weighted by atomic mass is 10.2. The molecule has 0 aliphatic carbocycles. The van der Waals surface area contributed by atoms with Crippen LogP contribution in [0.3, 0.4) is 0 Å². The molecule has 0 radical (unpaired) electrons. The van der Waals surface area contributed by atoms with Crippen molar-refractivity contribution in [3.8, 4) is 0 Å². The third-order valence-electron chi connectivity index (χ3n) is 2.27. The first-order chi connectivity index (χ1) is 8.15. The minimum absolute atomic E-state index is 0.162. The molecule has 6 heteroatoms. The maximum atomic E-state index is 10.8. The van der Waals surface area contributed by atoms with Crippen LogP contribution in [0.4, 0.5) is 0 Å². The van der Waals surface area contributed by atoms with Crippen LogP contribution in [0.2, 0.25) is 0 Å². The van der Waals surface area contributed by atoms with Gasteiger partial charge in [-0.2, -0.15) is 0 Å². The molecule has 1 aromatic rings. The maximum Gasteiger partial charge on any atom is 0.339 e. The lowest BCUT2D eigenvalue weighted by molar-refractivity contribution is 0.0592. The van der Waals surface area contributed by atoms with Crippen molar-refractivity contribution < 1.29 is 24.2 Å². The van der Waals surface area contributed by atoms with Gasteiger partial charge in [0.1, 0.15) is 11.3 Å². The van der Waals surface area contributed by atoms with Gasteiger partial charge in [0.05, 0.1) is 25.5 Å². The zero-order valence-electron chi connectivity index (χ0n) is 9.68. The number of carboxylic acid groups (broad SMARTS) is 1. The lowest BCUT2D eigenvalue weighted by Gasteiger charge is -2.09. The average molecular weight is 243 g/mol. The molecule has 3 N–H and O–H groups in total. The molecule has 0 fully saturated rings. The Hall–Kier alpha value is -1.37. The van der Waals surface area contributed by atoms with Crippen LogP contribution >= 0.6 is 0 Å². The monoisotopic (exact) mass is 243 g/mol. The van der Waals surface area contributed by atoms with E-state index in [9.17, 15) is 9.90 Å². The van der Waals surface area contributed by atoms with Crippen LogP contribution in [0.1, 0.15) is 22.5 Å². The van der Waals surface area contributed by atoms with Crippen LogP contribution in [0, 0.1) is 0 Å². The first kappa shape index (κ1) is 13.7. The molecule has 0 saturated carbocycles. The van der Waals surface area contributed by atoms with E-state index in [1.807, 2.05) is 0 Å². The molecule has 6 nitrogen and oxygen atoms in total. The quantitative estimate of drug-likeness (QED) is 0.575. The second-order valence-corrected chi connectivity index (χ2v) is 3.64. The summed E-state index contributed by atoms with van der Waals surface area (Å²) < 4.78 is 9.83. The fraction of sp³-hybridized carbons (Fsp3) is 0.545. The number of methoxy groups -OCH3 is 1. The smallest absolute Gasteiger partial charge is 0.339 e. The van der Waals surface area contributed by atoms with Crippen molar-refractivity contribution in [3.63, 3.8) is 0 Å². The Bertz CT molecular complexity index is 349. The van der Waals surface area contributed by atoms with E-state index in [0.717, 1.165) is 0 Å². The van der Waals surface area contributed by atoms with Gasteiger partial charge in [0.2, 0.25) is 0 Å². The van der Waals surface area contributed by atoms with Gasteiger partial charge in [0.15, 0.2) is 0 Å². The summed E-state index contributed by atoms with van der Waals surface area (Å²) in [5, 5.41) is 21.2. The van der Waals surface area contributed by atoms with E-state index in [1.165, 1.54) is 19.4 Å². The van der Waals surface area contributed by atoms with Gasteiger partial charge in [0.25, 0.3) is 0 Å². The largest absolute Gasteiger partial charge is 0.478 e. The number of aliphatic hydroxyl groups excluding tert-OH is 1. The summed E-state index contributed by atoms with van der Waals surface area (Å²) in [7, 11) is 1.53. The molecule has 0 bridgehead atoms. The number of rotatable bonds is 8. The number of nitrogens with one attached hydrogen (secondary N) is 1. The van der Waals surface area contributed by atoms with Crippen molar-refractivity contribution in [2.45, 2.75) is 19.1 Å². The van der Waals surface area contributed by atoms with Gasteiger partial charge in [-0.05, 0) is 19.0 Å². The van der Waals surface area contributed by atoms with Crippen LogP contribution in [-0.2, 0) is 11.3 Å². The highest BCUT2D eigenvalue weighted by Gasteiger charge is 2.12. The zero-order chi connectivity index (χ0) is 12.7. The molecule has 0 amide bonds. The summed E-state index contributed by atoms with van der Waals surface area (Å²) in [6, 6.07) is 1.42. The van der Waals surface area contributed by atoms with Crippen molar-refractivity contribution in [1.82, 2.24) is 5.32 Å². The van der Waals surface area contributed by atoms with Crippen molar-refractivity contribution in [3.05, 3.63) is 23.7 Å². The fourth-order valence-electron chi connectivity index (χ4n) is 1.41. The topological polar surface area (TPSA) is 91.9 Å². The normalized spacial score (nSPS) is 12.6. The molecule has 0 spiro atoms. The Morgan fingerprint density at radius 3 is 3.06 bits per heavy atom. The third-order valence-corrected chi connectivity index (χ3v) is 2.27. The Balaban J connectivity index is 2.26. The number of hydrogen-bond acceptors (Lipinski definition) is 5. The highest BCUT2D eigenvalue weighted by molar-refractivity contribution is 5.88. The molecular weight excluding hydrogens is 226 g/mol. The Morgan fingerprint density at radius 1 is 1.65 bits per heavy atom. The second kappa shape index (κ2) is 7.05. The number of carbonyl (C=O) groups is 1. The Morgan fingerprint density at radius 2 is 2.41 bits per heavy atom. The third kappa shape index (κ3) is 4.56. The molecular formula is C11H17NO5. The molecule has 1 rings (SSSR count). The first-order valence-corrected chi connectivity index (χ1v) is 5.32. The molecule has 1 unspecified atom stereocenters. The average Bonchev–Trinajstić information content (AvgIpc) is 2.73. The number of hydrogen-bond donors (Lipinski definition) is 3. The van der Waals surface area contributed by atoms with Crippen molar-refractivity contribution in [2.75, 3.05) is 20.3 Å². The van der Waals surface area contributed by atoms with E-state index in [0.29, 0.717) is 31.9 Å². The lowest BCUT2D eigenvalue weighted by Crippen LogP contribution is -2.23. The zero-order valence-corrected chi connectivity index (χ0v) is 9.68. The van der Waals surface area contributed by atoms with Gasteiger partial charge in [-0.25, -0.2) is 4.79 Å². The second-order valence-electron chi connectivity index (χ2n) is 3.64. The van der Waals surface area contributed by atoms with E-state index in [-0.39, 0.29) is 5.56 Å². The summed E-state index contributed by atoms with van der Waals surface area (Å²) in [4.78, 5) is 10.8. The van der Waals surface area contributed by atoms with Crippen LogP contribution in [0.25, 0.3) is 0 Å². The van der Waals surface area contributed by atoms with Crippen LogP contribution in [0.5, 0.6) is 0 Å². The van der Waals surface area contributed by atoms with Gasteiger partial charge in [0, 0.05) is 7.11 Å². The van der Waals surface area contributed by atoms with Crippen molar-refractivity contribution in [2.24, 2.45) is 0 Å². The molecule has 0 saturated heterocycles. The minimum atomic E-state index is -1.00. The van der Waals surface area contributed by atoms with E-state index in [2.05, 4.69) is 5.32 Å². The predicted molar refractivity (Wildman–Crippen MR) is 59.9 cm³/mol. The van der Waals surface area contributed by atoms with E-state index < -0.39 is 12.1 Å². The van der Waals surface area contributed by atoms with Gasteiger partial charge in [-0.1, -0.05) is 0 Å². The highest BCUT2D eigenvalue weighted by Crippen LogP contribution is 2.09. The minimum Gasteiger partial charge on any atom is -0.478 e. The Labute approximate surface area is 99.2 Å². The number of aliphatic hydroxyl groups is 1. The summed E-state index contributed by atoms with van der Waals surface area (Å²) in [6.07, 6.45) is 1.38. The van der Waals surface area contributed by atoms with Gasteiger partial charge >= 0.3 is 5.97 Å². The predicted octanol–water partition coefficient (Wildman–Crippen LogP) is 0.465. The van der Waals surface area contributed by atoms with Gasteiger partial charge < -0.3 is 24.7 Å². The molecule has 0 aliphatic rings. The van der Waals surface area contributed by atoms with Crippen molar-refractivity contribution in [1.29, 1.82) is 0 Å². The summed E-state index contributed by atoms with van der Waals surface area (Å²) in [5.41, 5.74) is 0.162. The number of furan rings is 1. The van der Waals surface area contributed by atoms with Gasteiger partial charge in [-0.3, -0.25) is 0 Å². The molecule has 1 atom stereocenters. The highest BCUT2D eigenvalue weighted by atomic mass is 16.5. The van der Waals surface area contributed by atoms with E-state index >= 15 is 0 Å². The van der Waals surface area contributed by atoms with Crippen LogP contribution in [0.15, 0.2) is 16.7 Å². The number of carboxylic acids is 1. The Kier molecular flexibility index (Phi) is 5.68. The van der Waals surface area contributed by atoms with Crippen LogP contribution < -0.4 is 5.32 Å². The number of ether oxygens (including phenoxy) is 1. The summed E-state index contributed by atoms with van der Waals surface area (Å²) >= 11 is 0. The van der Waals surface area contributed by atoms with Crippen molar-refractivity contribution >= 4 is 5.97 Å². The van der Waals surface area contributed by atoms with Crippen LogP contribution in [-0.4, -0.2) is 42.5 Å². The van der Waals surface area contributed by atoms with E-state index in [1.54, 1.807) is 0 Å². The molecule has 0 aliphatic heterocycles. The summed E-state index contributed by atoms with van der Waals surface area (Å²) in [5.74, 6) is -0.617. The summed E-state index contributed by atoms with van der Waals surface area (Å²) in [6.45, 7) is 1.18. The molecule has 96 valence electrons.